The quantitative estimate of drug-likeness (QED) is 0.210. The molecule has 0 aliphatic heterocycles. The highest BCUT2D eigenvalue weighted by Crippen LogP contribution is 2.53. The third-order valence-electron chi connectivity index (χ3n) is 9.08. The van der Waals surface area contributed by atoms with Crippen LogP contribution in [0.1, 0.15) is 81.3 Å². The van der Waals surface area contributed by atoms with Gasteiger partial charge in [-0.05, 0) is 66.1 Å². The summed E-state index contributed by atoms with van der Waals surface area (Å²) in [6, 6.07) is 27.7. The smallest absolute Gasteiger partial charge is 0.0761 e. The fourth-order valence-electron chi connectivity index (χ4n) is 7.84. The predicted octanol–water partition coefficient (Wildman–Crippen LogP) is 10.4. The summed E-state index contributed by atoms with van der Waals surface area (Å²) in [4.78, 5) is 0. The second-order valence-corrected chi connectivity index (χ2v) is 18.3. The molecule has 0 aromatic heterocycles. The average Bonchev–Trinajstić information content (AvgIpc) is 3.30. The van der Waals surface area contributed by atoms with Gasteiger partial charge in [-0.15, -0.1) is 0 Å². The van der Waals surface area contributed by atoms with Gasteiger partial charge in [0.25, 0.3) is 0 Å². The van der Waals surface area contributed by atoms with Crippen LogP contribution in [0, 0.1) is 20.8 Å². The number of aryl methyl sites for hydroxylation is 3. The molecule has 1 aliphatic carbocycles. The van der Waals surface area contributed by atoms with Crippen LogP contribution >= 0.6 is 0 Å². The fourth-order valence-corrected chi connectivity index (χ4v) is 14.9. The zero-order valence-corrected chi connectivity index (χ0v) is 25.5. The maximum atomic E-state index is 2.67. The third-order valence-corrected chi connectivity index (χ3v) is 16.3. The maximum Gasteiger partial charge on any atom is 0.0895 e. The van der Waals surface area contributed by atoms with E-state index in [9.17, 15) is 0 Å². The van der Waals surface area contributed by atoms with Crippen molar-refractivity contribution in [1.29, 1.82) is 0 Å². The van der Waals surface area contributed by atoms with Gasteiger partial charge < -0.3 is 0 Å². The molecule has 0 spiro atoms. The lowest BCUT2D eigenvalue weighted by atomic mass is 9.64. The molecule has 0 heterocycles. The van der Waals surface area contributed by atoms with Gasteiger partial charge in [-0.1, -0.05) is 148 Å². The zero-order chi connectivity index (χ0) is 27.0. The molecule has 0 saturated heterocycles. The first-order valence-corrected chi connectivity index (χ1v) is 16.4. The van der Waals surface area contributed by atoms with Gasteiger partial charge >= 0.3 is 0 Å². The van der Waals surface area contributed by atoms with Crippen LogP contribution in [0.4, 0.5) is 0 Å². The fraction of sp³-hybridized carbons (Fsp3) is 0.389. The first kappa shape index (κ1) is 27.4. The SMILES string of the molecule is Cc1cccc(C(C2=CCC([Si](C(C)C)(C(C)C)C(C)C)=C2)(c2cccc(C)c2)c2cccc(C)c2)c1. The summed E-state index contributed by atoms with van der Waals surface area (Å²) in [5.74, 6) is 0. The topological polar surface area (TPSA) is 0 Å². The highest BCUT2D eigenvalue weighted by molar-refractivity contribution is 6.90. The summed E-state index contributed by atoms with van der Waals surface area (Å²) in [5, 5.41) is 1.74. The van der Waals surface area contributed by atoms with Gasteiger partial charge in [0, 0.05) is 0 Å². The normalized spacial score (nSPS) is 14.5. The van der Waals surface area contributed by atoms with Crippen LogP contribution < -0.4 is 0 Å². The molecule has 0 unspecified atom stereocenters. The Morgan fingerprint density at radius 2 is 0.973 bits per heavy atom. The van der Waals surface area contributed by atoms with Gasteiger partial charge in [-0.25, -0.2) is 0 Å². The maximum absolute atomic E-state index is 2.67. The van der Waals surface area contributed by atoms with E-state index >= 15 is 0 Å². The van der Waals surface area contributed by atoms with Crippen molar-refractivity contribution in [3.05, 3.63) is 129 Å². The predicted molar refractivity (Wildman–Crippen MR) is 165 cm³/mol. The summed E-state index contributed by atoms with van der Waals surface area (Å²) in [6.45, 7) is 21.6. The molecule has 3 aromatic rings. The van der Waals surface area contributed by atoms with Crippen molar-refractivity contribution < 1.29 is 0 Å². The number of benzene rings is 3. The van der Waals surface area contributed by atoms with Crippen LogP contribution in [-0.4, -0.2) is 8.07 Å². The first-order chi connectivity index (χ1) is 17.5. The number of hydrogen-bond acceptors (Lipinski definition) is 0. The molecule has 0 N–H and O–H groups in total. The Hall–Kier alpha value is -2.64. The van der Waals surface area contributed by atoms with Crippen LogP contribution in [-0.2, 0) is 5.41 Å². The molecule has 0 radical (unpaired) electrons. The zero-order valence-electron chi connectivity index (χ0n) is 24.5. The molecule has 1 heteroatoms. The molecule has 0 bridgehead atoms. The molecule has 37 heavy (non-hydrogen) atoms. The molecule has 3 aromatic carbocycles. The van der Waals surface area contributed by atoms with Gasteiger partial charge in [-0.3, -0.25) is 0 Å². The second-order valence-electron chi connectivity index (χ2n) is 12.3. The monoisotopic (exact) mass is 506 g/mol. The van der Waals surface area contributed by atoms with Gasteiger partial charge in [0.2, 0.25) is 0 Å². The van der Waals surface area contributed by atoms with Crippen molar-refractivity contribution in [2.75, 3.05) is 0 Å². The number of hydrogen-bond donors (Lipinski definition) is 0. The van der Waals surface area contributed by atoms with Crippen molar-refractivity contribution >= 4 is 8.07 Å². The van der Waals surface area contributed by atoms with Crippen molar-refractivity contribution in [2.45, 2.75) is 90.8 Å². The minimum Gasteiger partial charge on any atom is -0.0761 e. The molecule has 0 saturated carbocycles. The lowest BCUT2D eigenvalue weighted by Gasteiger charge is -2.45. The van der Waals surface area contributed by atoms with Crippen LogP contribution in [0.15, 0.2) is 95.7 Å². The van der Waals surface area contributed by atoms with E-state index in [4.69, 9.17) is 0 Å². The standard InChI is InChI=1S/C36H46Si/c1-25(2)37(26(3)4,27(5)6)35-20-19-34(24-35)36(31-16-10-13-28(7)21-31,32-17-11-14-29(8)22-32)33-18-12-15-30(9)23-33/h10-19,21-27H,20H2,1-9H3. The molecular weight excluding hydrogens is 460 g/mol. The summed E-state index contributed by atoms with van der Waals surface area (Å²) >= 11 is 0. The summed E-state index contributed by atoms with van der Waals surface area (Å²) in [7, 11) is -1.74. The van der Waals surface area contributed by atoms with Crippen molar-refractivity contribution in [3.8, 4) is 0 Å². The molecule has 0 amide bonds. The van der Waals surface area contributed by atoms with Crippen LogP contribution in [0.25, 0.3) is 0 Å². The van der Waals surface area contributed by atoms with E-state index in [2.05, 4.69) is 147 Å². The van der Waals surface area contributed by atoms with Gasteiger partial charge in [0.1, 0.15) is 0 Å². The molecule has 4 rings (SSSR count). The summed E-state index contributed by atoms with van der Waals surface area (Å²) < 4.78 is 0. The lowest BCUT2D eigenvalue weighted by molar-refractivity contribution is 0.741. The molecule has 0 atom stereocenters. The second kappa shape index (κ2) is 10.6. The Morgan fingerprint density at radius 3 is 1.30 bits per heavy atom. The van der Waals surface area contributed by atoms with Gasteiger partial charge in [0.05, 0.1) is 13.5 Å². The number of rotatable bonds is 8. The Morgan fingerprint density at radius 1 is 0.595 bits per heavy atom. The van der Waals surface area contributed by atoms with Crippen LogP contribution in [0.5, 0.6) is 0 Å². The largest absolute Gasteiger partial charge is 0.0895 e. The van der Waals surface area contributed by atoms with Crippen molar-refractivity contribution in [1.82, 2.24) is 0 Å². The molecule has 0 nitrogen and oxygen atoms in total. The lowest BCUT2D eigenvalue weighted by Crippen LogP contribution is -2.46. The van der Waals surface area contributed by atoms with Crippen LogP contribution in [0.3, 0.4) is 0 Å². The van der Waals surface area contributed by atoms with Gasteiger partial charge in [0.15, 0.2) is 0 Å². The Kier molecular flexibility index (Phi) is 7.86. The van der Waals surface area contributed by atoms with E-state index in [0.29, 0.717) is 16.6 Å². The van der Waals surface area contributed by atoms with E-state index in [0.717, 1.165) is 6.42 Å². The first-order valence-electron chi connectivity index (χ1n) is 14.2. The van der Waals surface area contributed by atoms with E-state index in [-0.39, 0.29) is 5.41 Å². The average molecular weight is 507 g/mol. The highest BCUT2D eigenvalue weighted by atomic mass is 28.3. The summed E-state index contributed by atoms with van der Waals surface area (Å²) in [5.41, 5.74) is 11.2. The van der Waals surface area contributed by atoms with Crippen LogP contribution in [0.2, 0.25) is 16.6 Å². The molecule has 1 aliphatic rings. The minimum atomic E-state index is -1.74. The van der Waals surface area contributed by atoms with Crippen molar-refractivity contribution in [2.24, 2.45) is 0 Å². The number of allylic oxidation sites excluding steroid dienone is 4. The van der Waals surface area contributed by atoms with E-state index in [1.165, 1.54) is 39.0 Å². The van der Waals surface area contributed by atoms with Gasteiger partial charge in [-0.2, -0.15) is 0 Å². The molecule has 194 valence electrons. The Labute approximate surface area is 227 Å². The van der Waals surface area contributed by atoms with E-state index in [1.54, 1.807) is 5.20 Å². The molecular formula is C36H46Si. The molecule has 0 fully saturated rings. The van der Waals surface area contributed by atoms with E-state index in [1.807, 2.05) is 0 Å². The Balaban J connectivity index is 2.10. The third kappa shape index (κ3) is 4.61. The van der Waals surface area contributed by atoms with E-state index < -0.39 is 8.07 Å². The van der Waals surface area contributed by atoms with Crippen molar-refractivity contribution in [3.63, 3.8) is 0 Å². The Bertz CT molecular complexity index is 1190. The summed E-state index contributed by atoms with van der Waals surface area (Å²) in [6.07, 6.45) is 6.33. The minimum absolute atomic E-state index is 0.350. The highest BCUT2D eigenvalue weighted by Gasteiger charge is 2.48.